The molecule has 2 aromatic carbocycles. The monoisotopic (exact) mass is 272 g/mol. The van der Waals surface area contributed by atoms with Gasteiger partial charge < -0.3 is 15.7 Å². The number of fused-ring (bicyclic) bond motifs is 1. The lowest BCUT2D eigenvalue weighted by Crippen LogP contribution is -2.27. The molecule has 0 aliphatic heterocycles. The molecule has 2 rings (SSSR count). The van der Waals surface area contributed by atoms with Crippen molar-refractivity contribution < 1.29 is 9.90 Å². The van der Waals surface area contributed by atoms with Gasteiger partial charge in [0.25, 0.3) is 0 Å². The summed E-state index contributed by atoms with van der Waals surface area (Å²) in [5, 5.41) is 18.1. The number of phenolic OH excluding ortho intramolecular Hbond substituents is 1. The number of carbonyl (C=O) groups excluding carboxylic acids is 1. The largest absolute Gasteiger partial charge is 0.508 e. The van der Waals surface area contributed by atoms with E-state index in [1.54, 1.807) is 6.07 Å². The van der Waals surface area contributed by atoms with Crippen molar-refractivity contribution in [2.75, 3.05) is 13.1 Å². The third-order valence-electron chi connectivity index (χ3n) is 3.22. The molecule has 4 heteroatoms. The van der Waals surface area contributed by atoms with Gasteiger partial charge in [0.1, 0.15) is 5.75 Å². The average Bonchev–Trinajstić information content (AvgIpc) is 2.45. The van der Waals surface area contributed by atoms with Gasteiger partial charge in [0.2, 0.25) is 5.91 Å². The van der Waals surface area contributed by atoms with Crippen molar-refractivity contribution in [3.63, 3.8) is 0 Å². The summed E-state index contributed by atoms with van der Waals surface area (Å²) in [5.41, 5.74) is 0.874. The lowest BCUT2D eigenvalue weighted by molar-refractivity contribution is -0.120. The zero-order valence-corrected chi connectivity index (χ0v) is 11.6. The van der Waals surface area contributed by atoms with Crippen LogP contribution in [0.15, 0.2) is 36.4 Å². The molecule has 20 heavy (non-hydrogen) atoms. The summed E-state index contributed by atoms with van der Waals surface area (Å²) in [6.07, 6.45) is 0.444. The number of amides is 1. The predicted octanol–water partition coefficient (Wildman–Crippen LogP) is 2.16. The number of benzene rings is 2. The quantitative estimate of drug-likeness (QED) is 0.706. The third-order valence-corrected chi connectivity index (χ3v) is 3.22. The van der Waals surface area contributed by atoms with Crippen molar-refractivity contribution in [3.05, 3.63) is 42.0 Å². The Hall–Kier alpha value is -2.07. The average molecular weight is 272 g/mol. The summed E-state index contributed by atoms with van der Waals surface area (Å²) < 4.78 is 0. The summed E-state index contributed by atoms with van der Waals surface area (Å²) in [7, 11) is 0. The van der Waals surface area contributed by atoms with Crippen molar-refractivity contribution in [3.8, 4) is 5.75 Å². The Morgan fingerprint density at radius 3 is 2.80 bits per heavy atom. The summed E-state index contributed by atoms with van der Waals surface area (Å²) in [6.45, 7) is 3.70. The Balaban J connectivity index is 1.99. The van der Waals surface area contributed by atoms with Gasteiger partial charge in [-0.15, -0.1) is 0 Å². The number of hydrogen-bond donors (Lipinski definition) is 3. The zero-order chi connectivity index (χ0) is 14.4. The fourth-order valence-electron chi connectivity index (χ4n) is 2.21. The number of nitrogens with one attached hydrogen (secondary N) is 2. The number of phenols is 1. The number of aromatic hydroxyl groups is 1. The minimum absolute atomic E-state index is 0.0436. The summed E-state index contributed by atoms with van der Waals surface area (Å²) >= 11 is 0. The normalized spacial score (nSPS) is 10.7. The standard InChI is InChI=1S/C16H20N2O2/c1-2-18-16(20)9-10-17-11-14-13-6-4-3-5-12(13)7-8-15(14)19/h3-8,17,19H,2,9-11H2,1H3,(H,18,20). The molecule has 0 saturated carbocycles. The molecular weight excluding hydrogens is 252 g/mol. The van der Waals surface area contributed by atoms with Crippen molar-refractivity contribution in [1.82, 2.24) is 10.6 Å². The van der Waals surface area contributed by atoms with E-state index < -0.39 is 0 Å². The molecule has 3 N–H and O–H groups in total. The second-order valence-electron chi connectivity index (χ2n) is 4.66. The molecule has 0 heterocycles. The molecule has 2 aromatic rings. The predicted molar refractivity (Wildman–Crippen MR) is 80.6 cm³/mol. The van der Waals surface area contributed by atoms with Crippen molar-refractivity contribution >= 4 is 16.7 Å². The highest BCUT2D eigenvalue weighted by atomic mass is 16.3. The molecule has 106 valence electrons. The molecule has 0 aromatic heterocycles. The SMILES string of the molecule is CCNC(=O)CCNCc1c(O)ccc2ccccc12. The van der Waals surface area contributed by atoms with Gasteiger partial charge in [-0.05, 0) is 23.8 Å². The molecular formula is C16H20N2O2. The van der Waals surface area contributed by atoms with E-state index >= 15 is 0 Å². The topological polar surface area (TPSA) is 61.4 Å². The van der Waals surface area contributed by atoms with Crippen LogP contribution in [-0.2, 0) is 11.3 Å². The Morgan fingerprint density at radius 1 is 1.20 bits per heavy atom. The molecule has 0 radical (unpaired) electrons. The van der Waals surface area contributed by atoms with Gasteiger partial charge in [-0.1, -0.05) is 30.3 Å². The summed E-state index contributed by atoms with van der Waals surface area (Å²) in [4.78, 5) is 11.3. The van der Waals surface area contributed by atoms with E-state index in [4.69, 9.17) is 0 Å². The smallest absolute Gasteiger partial charge is 0.221 e. The lowest BCUT2D eigenvalue weighted by Gasteiger charge is -2.10. The van der Waals surface area contributed by atoms with Gasteiger partial charge in [0.15, 0.2) is 0 Å². The van der Waals surface area contributed by atoms with E-state index in [-0.39, 0.29) is 11.7 Å². The fourth-order valence-corrected chi connectivity index (χ4v) is 2.21. The fraction of sp³-hybridized carbons (Fsp3) is 0.312. The highest BCUT2D eigenvalue weighted by Crippen LogP contribution is 2.26. The summed E-state index contributed by atoms with van der Waals surface area (Å²) in [5.74, 6) is 0.330. The van der Waals surface area contributed by atoms with Crippen LogP contribution < -0.4 is 10.6 Å². The molecule has 0 atom stereocenters. The minimum Gasteiger partial charge on any atom is -0.508 e. The number of carbonyl (C=O) groups is 1. The van der Waals surface area contributed by atoms with Gasteiger partial charge in [-0.2, -0.15) is 0 Å². The van der Waals surface area contributed by atoms with Gasteiger partial charge in [0, 0.05) is 31.6 Å². The van der Waals surface area contributed by atoms with Crippen LogP contribution in [0.4, 0.5) is 0 Å². The zero-order valence-electron chi connectivity index (χ0n) is 11.6. The molecule has 4 nitrogen and oxygen atoms in total. The number of hydrogen-bond acceptors (Lipinski definition) is 3. The van der Waals surface area contributed by atoms with Crippen LogP contribution >= 0.6 is 0 Å². The minimum atomic E-state index is 0.0436. The molecule has 1 amide bonds. The van der Waals surface area contributed by atoms with Crippen LogP contribution in [0.2, 0.25) is 0 Å². The van der Waals surface area contributed by atoms with Crippen LogP contribution in [0, 0.1) is 0 Å². The van der Waals surface area contributed by atoms with Crippen LogP contribution in [0.1, 0.15) is 18.9 Å². The van der Waals surface area contributed by atoms with Gasteiger partial charge >= 0.3 is 0 Å². The Bertz CT molecular complexity index is 596. The Kier molecular flexibility index (Phi) is 4.96. The van der Waals surface area contributed by atoms with Crippen LogP contribution in [-0.4, -0.2) is 24.1 Å². The van der Waals surface area contributed by atoms with Gasteiger partial charge in [-0.3, -0.25) is 4.79 Å². The van der Waals surface area contributed by atoms with E-state index in [1.807, 2.05) is 37.3 Å². The van der Waals surface area contributed by atoms with Crippen molar-refractivity contribution in [2.45, 2.75) is 19.9 Å². The molecule has 0 aliphatic rings. The maximum Gasteiger partial charge on any atom is 0.221 e. The summed E-state index contributed by atoms with van der Waals surface area (Å²) in [6, 6.07) is 11.6. The van der Waals surface area contributed by atoms with Crippen LogP contribution in [0.5, 0.6) is 5.75 Å². The van der Waals surface area contributed by atoms with E-state index in [0.717, 1.165) is 16.3 Å². The van der Waals surface area contributed by atoms with E-state index in [2.05, 4.69) is 10.6 Å². The van der Waals surface area contributed by atoms with E-state index in [9.17, 15) is 9.90 Å². The highest BCUT2D eigenvalue weighted by molar-refractivity contribution is 5.87. The van der Waals surface area contributed by atoms with Gasteiger partial charge in [0.05, 0.1) is 0 Å². The first-order valence-corrected chi connectivity index (χ1v) is 6.89. The Labute approximate surface area is 118 Å². The molecule has 0 spiro atoms. The number of rotatable bonds is 6. The molecule has 0 saturated heterocycles. The molecule has 0 aliphatic carbocycles. The second kappa shape index (κ2) is 6.91. The first kappa shape index (κ1) is 14.3. The second-order valence-corrected chi connectivity index (χ2v) is 4.66. The third kappa shape index (κ3) is 3.48. The lowest BCUT2D eigenvalue weighted by atomic mass is 10.0. The van der Waals surface area contributed by atoms with Crippen LogP contribution in [0.3, 0.4) is 0 Å². The Morgan fingerprint density at radius 2 is 2.00 bits per heavy atom. The van der Waals surface area contributed by atoms with Crippen molar-refractivity contribution in [2.24, 2.45) is 0 Å². The maximum absolute atomic E-state index is 11.3. The molecule has 0 fully saturated rings. The van der Waals surface area contributed by atoms with E-state index in [0.29, 0.717) is 26.1 Å². The highest BCUT2D eigenvalue weighted by Gasteiger charge is 2.06. The first-order valence-electron chi connectivity index (χ1n) is 6.89. The maximum atomic E-state index is 11.3. The van der Waals surface area contributed by atoms with E-state index in [1.165, 1.54) is 0 Å². The first-order chi connectivity index (χ1) is 9.72. The van der Waals surface area contributed by atoms with Gasteiger partial charge in [-0.25, -0.2) is 0 Å². The molecule has 0 bridgehead atoms. The van der Waals surface area contributed by atoms with Crippen LogP contribution in [0.25, 0.3) is 10.8 Å². The molecule has 0 unspecified atom stereocenters. The van der Waals surface area contributed by atoms with Crippen molar-refractivity contribution in [1.29, 1.82) is 0 Å².